The number of anilines is 1. The standard InChI is InChI=1S/C17H15N3OS2/c1-11-8-15(22-9-11)16(21)19-13-4-2-12(3-5-13)14-10-23-17-18-6-7-20(14)17/h2-5,8-10H,6-7H2,1H3,(H,19,21). The quantitative estimate of drug-likeness (QED) is 0.917. The van der Waals surface area contributed by atoms with Crippen molar-refractivity contribution in [2.75, 3.05) is 18.4 Å². The Morgan fingerprint density at radius 1 is 1.30 bits per heavy atom. The molecule has 0 spiro atoms. The fraction of sp³-hybridized carbons (Fsp3) is 0.176. The molecule has 1 N–H and O–H groups in total. The van der Waals surface area contributed by atoms with Crippen molar-refractivity contribution in [1.29, 1.82) is 0 Å². The number of amides is 1. The summed E-state index contributed by atoms with van der Waals surface area (Å²) in [6, 6.07) is 9.89. The maximum Gasteiger partial charge on any atom is 0.265 e. The summed E-state index contributed by atoms with van der Waals surface area (Å²) < 4.78 is 0. The highest BCUT2D eigenvalue weighted by molar-refractivity contribution is 8.16. The van der Waals surface area contributed by atoms with E-state index in [2.05, 4.69) is 20.6 Å². The smallest absolute Gasteiger partial charge is 0.265 e. The number of benzene rings is 1. The molecule has 0 fully saturated rings. The zero-order valence-corrected chi connectivity index (χ0v) is 14.2. The van der Waals surface area contributed by atoms with E-state index in [1.165, 1.54) is 17.0 Å². The number of aliphatic imine (C=N–C) groups is 1. The number of thiophene rings is 1. The molecule has 1 amide bonds. The Bertz CT molecular complexity index is 821. The van der Waals surface area contributed by atoms with Crippen molar-refractivity contribution in [3.05, 3.63) is 57.1 Å². The summed E-state index contributed by atoms with van der Waals surface area (Å²) >= 11 is 3.14. The van der Waals surface area contributed by atoms with Gasteiger partial charge in [0.25, 0.3) is 5.91 Å². The lowest BCUT2D eigenvalue weighted by Crippen LogP contribution is -2.19. The molecule has 4 nitrogen and oxygen atoms in total. The predicted octanol–water partition coefficient (Wildman–Crippen LogP) is 4.03. The molecule has 2 aromatic rings. The van der Waals surface area contributed by atoms with E-state index in [4.69, 9.17) is 0 Å². The van der Waals surface area contributed by atoms with Crippen molar-refractivity contribution in [3.63, 3.8) is 0 Å². The van der Waals surface area contributed by atoms with Gasteiger partial charge in [0.2, 0.25) is 0 Å². The van der Waals surface area contributed by atoms with Gasteiger partial charge in [-0.05, 0) is 41.6 Å². The zero-order valence-electron chi connectivity index (χ0n) is 12.6. The van der Waals surface area contributed by atoms with Crippen LogP contribution in [0.2, 0.25) is 0 Å². The third kappa shape index (κ3) is 2.80. The minimum absolute atomic E-state index is 0.0551. The summed E-state index contributed by atoms with van der Waals surface area (Å²) in [5, 5.41) is 8.16. The summed E-state index contributed by atoms with van der Waals surface area (Å²) in [4.78, 5) is 19.6. The Morgan fingerprint density at radius 3 is 2.87 bits per heavy atom. The van der Waals surface area contributed by atoms with Crippen molar-refractivity contribution in [2.45, 2.75) is 6.92 Å². The third-order valence-corrected chi connectivity index (χ3v) is 5.71. The number of hydrogen-bond donors (Lipinski definition) is 1. The molecular weight excluding hydrogens is 326 g/mol. The van der Waals surface area contributed by atoms with Gasteiger partial charge >= 0.3 is 0 Å². The third-order valence-electron chi connectivity index (χ3n) is 3.76. The molecule has 0 aliphatic carbocycles. The maximum atomic E-state index is 12.2. The number of hydrogen-bond acceptors (Lipinski definition) is 5. The second kappa shape index (κ2) is 5.86. The van der Waals surface area contributed by atoms with Crippen LogP contribution in [0.1, 0.15) is 20.8 Å². The van der Waals surface area contributed by atoms with Crippen molar-refractivity contribution in [3.8, 4) is 0 Å². The summed E-state index contributed by atoms with van der Waals surface area (Å²) in [6.07, 6.45) is 0. The number of thioether (sulfide) groups is 1. The van der Waals surface area contributed by atoms with E-state index in [1.54, 1.807) is 11.8 Å². The van der Waals surface area contributed by atoms with Gasteiger partial charge in [0, 0.05) is 17.6 Å². The number of nitrogens with one attached hydrogen (secondary N) is 1. The van der Waals surface area contributed by atoms with E-state index in [1.807, 2.05) is 42.6 Å². The van der Waals surface area contributed by atoms with Gasteiger partial charge in [0.1, 0.15) is 0 Å². The molecule has 0 saturated heterocycles. The summed E-state index contributed by atoms with van der Waals surface area (Å²) in [6.45, 7) is 3.81. The number of carbonyl (C=O) groups excluding carboxylic acids is 1. The molecule has 6 heteroatoms. The molecule has 116 valence electrons. The van der Waals surface area contributed by atoms with E-state index < -0.39 is 0 Å². The van der Waals surface area contributed by atoms with Crippen molar-refractivity contribution in [2.24, 2.45) is 4.99 Å². The number of fused-ring (bicyclic) bond motifs is 1. The van der Waals surface area contributed by atoms with Crippen LogP contribution >= 0.6 is 23.1 Å². The van der Waals surface area contributed by atoms with E-state index in [0.717, 1.165) is 39.9 Å². The fourth-order valence-corrected chi connectivity index (χ4v) is 4.37. The number of rotatable bonds is 3. The first-order chi connectivity index (χ1) is 11.2. The Morgan fingerprint density at radius 2 is 2.13 bits per heavy atom. The average molecular weight is 341 g/mol. The highest BCUT2D eigenvalue weighted by atomic mass is 32.2. The minimum Gasteiger partial charge on any atom is -0.321 e. The van der Waals surface area contributed by atoms with Crippen LogP contribution in [0.25, 0.3) is 5.70 Å². The largest absolute Gasteiger partial charge is 0.321 e. The molecule has 2 aliphatic rings. The minimum atomic E-state index is -0.0551. The monoisotopic (exact) mass is 341 g/mol. The van der Waals surface area contributed by atoms with Crippen LogP contribution in [-0.4, -0.2) is 29.1 Å². The number of aryl methyl sites for hydroxylation is 1. The Balaban J connectivity index is 1.48. The van der Waals surface area contributed by atoms with Crippen molar-refractivity contribution in [1.82, 2.24) is 4.90 Å². The molecule has 0 radical (unpaired) electrons. The predicted molar refractivity (Wildman–Crippen MR) is 98.0 cm³/mol. The SMILES string of the molecule is Cc1csc(C(=O)Nc2ccc(C3=CSC4=NCCN34)cc2)c1. The van der Waals surface area contributed by atoms with Crippen LogP contribution in [0.5, 0.6) is 0 Å². The van der Waals surface area contributed by atoms with Crippen molar-refractivity contribution < 1.29 is 4.79 Å². The van der Waals surface area contributed by atoms with E-state index >= 15 is 0 Å². The number of nitrogens with zero attached hydrogens (tertiary/aromatic N) is 2. The highest BCUT2D eigenvalue weighted by Gasteiger charge is 2.26. The van der Waals surface area contributed by atoms with Gasteiger partial charge in [-0.3, -0.25) is 9.79 Å². The molecule has 1 aromatic carbocycles. The van der Waals surface area contributed by atoms with E-state index in [0.29, 0.717) is 0 Å². The van der Waals surface area contributed by atoms with Gasteiger partial charge in [-0.1, -0.05) is 23.9 Å². The molecule has 4 rings (SSSR count). The lowest BCUT2D eigenvalue weighted by molar-refractivity contribution is 0.103. The second-order valence-corrected chi connectivity index (χ2v) is 7.20. The van der Waals surface area contributed by atoms with Crippen LogP contribution in [-0.2, 0) is 0 Å². The fourth-order valence-electron chi connectivity index (χ4n) is 2.61. The van der Waals surface area contributed by atoms with E-state index in [9.17, 15) is 4.79 Å². The molecule has 0 unspecified atom stereocenters. The van der Waals surface area contributed by atoms with Gasteiger partial charge in [-0.25, -0.2) is 0 Å². The lowest BCUT2D eigenvalue weighted by atomic mass is 10.1. The summed E-state index contributed by atoms with van der Waals surface area (Å²) in [5.74, 6) is -0.0551. The zero-order chi connectivity index (χ0) is 15.8. The van der Waals surface area contributed by atoms with Gasteiger partial charge in [0.05, 0.1) is 17.1 Å². The van der Waals surface area contributed by atoms with Gasteiger partial charge < -0.3 is 10.2 Å². The first-order valence-electron chi connectivity index (χ1n) is 7.36. The van der Waals surface area contributed by atoms with Crippen LogP contribution in [0, 0.1) is 6.92 Å². The van der Waals surface area contributed by atoms with Gasteiger partial charge in [-0.15, -0.1) is 11.3 Å². The Hall–Kier alpha value is -2.05. The summed E-state index contributed by atoms with van der Waals surface area (Å²) in [5.41, 5.74) is 4.27. The lowest BCUT2D eigenvalue weighted by Gasteiger charge is -2.16. The Kier molecular flexibility index (Phi) is 3.71. The molecule has 0 saturated carbocycles. The second-order valence-electron chi connectivity index (χ2n) is 5.46. The van der Waals surface area contributed by atoms with Crippen LogP contribution in [0.15, 0.2) is 46.1 Å². The topological polar surface area (TPSA) is 44.7 Å². The molecule has 0 bridgehead atoms. The van der Waals surface area contributed by atoms with Gasteiger partial charge in [0.15, 0.2) is 5.17 Å². The number of amidine groups is 1. The Labute approximate surface area is 142 Å². The molecular formula is C17H15N3OS2. The van der Waals surface area contributed by atoms with E-state index in [-0.39, 0.29) is 5.91 Å². The summed E-state index contributed by atoms with van der Waals surface area (Å²) in [7, 11) is 0. The molecule has 0 atom stereocenters. The first kappa shape index (κ1) is 14.5. The number of carbonyl (C=O) groups is 1. The maximum absolute atomic E-state index is 12.2. The molecule has 3 heterocycles. The highest BCUT2D eigenvalue weighted by Crippen LogP contribution is 2.35. The first-order valence-corrected chi connectivity index (χ1v) is 9.12. The normalized spacial score (nSPS) is 16.1. The van der Waals surface area contributed by atoms with Gasteiger partial charge in [-0.2, -0.15) is 0 Å². The average Bonchev–Trinajstić information content (AvgIpc) is 3.24. The van der Waals surface area contributed by atoms with Crippen LogP contribution in [0.4, 0.5) is 5.69 Å². The molecule has 2 aliphatic heterocycles. The van der Waals surface area contributed by atoms with Crippen molar-refractivity contribution >= 4 is 45.6 Å². The molecule has 23 heavy (non-hydrogen) atoms. The van der Waals surface area contributed by atoms with Crippen LogP contribution < -0.4 is 5.32 Å². The molecule has 1 aromatic heterocycles. The van der Waals surface area contributed by atoms with Crippen LogP contribution in [0.3, 0.4) is 0 Å².